The molecule has 0 saturated carbocycles. The molecule has 0 bridgehead atoms. The highest BCUT2D eigenvalue weighted by molar-refractivity contribution is 5.86. The van der Waals surface area contributed by atoms with E-state index in [-0.39, 0.29) is 12.4 Å². The van der Waals surface area contributed by atoms with E-state index in [2.05, 4.69) is 13.8 Å². The highest BCUT2D eigenvalue weighted by Gasteiger charge is 2.15. The molecule has 1 aromatic heterocycles. The maximum absolute atomic E-state index is 11.0. The summed E-state index contributed by atoms with van der Waals surface area (Å²) in [5, 5.41) is 8.98. The molecule has 2 aromatic rings. The molecule has 1 aromatic carbocycles. The van der Waals surface area contributed by atoms with Gasteiger partial charge in [0.2, 0.25) is 5.76 Å². The van der Waals surface area contributed by atoms with Crippen molar-refractivity contribution in [2.45, 2.75) is 32.8 Å². The molecule has 0 spiro atoms. The lowest BCUT2D eigenvalue weighted by molar-refractivity contribution is 0.0658. The van der Waals surface area contributed by atoms with Crippen LogP contribution in [0.25, 0.3) is 0 Å². The van der Waals surface area contributed by atoms with Crippen molar-refractivity contribution in [1.82, 2.24) is 0 Å². The summed E-state index contributed by atoms with van der Waals surface area (Å²) in [5.41, 5.74) is 1.67. The molecule has 20 heavy (non-hydrogen) atoms. The van der Waals surface area contributed by atoms with Crippen molar-refractivity contribution in [2.24, 2.45) is 0 Å². The van der Waals surface area contributed by atoms with Crippen molar-refractivity contribution in [3.8, 4) is 5.75 Å². The molecule has 0 fully saturated rings. The summed E-state index contributed by atoms with van der Waals surface area (Å²) in [7, 11) is 0. The lowest BCUT2D eigenvalue weighted by Crippen LogP contribution is -2.04. The van der Waals surface area contributed by atoms with Gasteiger partial charge in [0.15, 0.2) is 0 Å². The largest absolute Gasteiger partial charge is 0.488 e. The highest BCUT2D eigenvalue weighted by Crippen LogP contribution is 2.29. The number of carboxylic acids is 1. The molecule has 4 nitrogen and oxygen atoms in total. The monoisotopic (exact) mass is 274 g/mol. The molecular formula is C16H18O4. The van der Waals surface area contributed by atoms with E-state index < -0.39 is 5.97 Å². The molecule has 0 radical (unpaired) electrons. The van der Waals surface area contributed by atoms with Gasteiger partial charge < -0.3 is 14.3 Å². The third kappa shape index (κ3) is 3.02. The van der Waals surface area contributed by atoms with Crippen LogP contribution in [-0.4, -0.2) is 11.1 Å². The van der Waals surface area contributed by atoms with Crippen LogP contribution in [0.1, 0.15) is 47.9 Å². The zero-order valence-corrected chi connectivity index (χ0v) is 11.6. The second-order valence-corrected chi connectivity index (χ2v) is 4.72. The molecule has 0 aliphatic heterocycles. The zero-order valence-electron chi connectivity index (χ0n) is 11.6. The Balaban J connectivity index is 2.15. The Morgan fingerprint density at radius 3 is 2.80 bits per heavy atom. The third-order valence-electron chi connectivity index (χ3n) is 3.39. The van der Waals surface area contributed by atoms with E-state index in [0.29, 0.717) is 11.5 Å². The summed E-state index contributed by atoms with van der Waals surface area (Å²) in [5.74, 6) is 0.0451. The van der Waals surface area contributed by atoms with E-state index in [1.54, 1.807) is 6.07 Å². The quantitative estimate of drug-likeness (QED) is 0.862. The van der Waals surface area contributed by atoms with E-state index >= 15 is 0 Å². The number of rotatable bonds is 6. The van der Waals surface area contributed by atoms with Crippen molar-refractivity contribution in [1.29, 1.82) is 0 Å². The van der Waals surface area contributed by atoms with Crippen LogP contribution in [0.2, 0.25) is 0 Å². The molecule has 1 unspecified atom stereocenters. The second-order valence-electron chi connectivity index (χ2n) is 4.72. The molecule has 0 saturated heterocycles. The minimum absolute atomic E-state index is 0.0639. The van der Waals surface area contributed by atoms with Crippen molar-refractivity contribution in [3.63, 3.8) is 0 Å². The van der Waals surface area contributed by atoms with Gasteiger partial charge in [-0.2, -0.15) is 0 Å². The summed E-state index contributed by atoms with van der Waals surface area (Å²) < 4.78 is 10.7. The number of hydrogen-bond donors (Lipinski definition) is 1. The summed E-state index contributed by atoms with van der Waals surface area (Å²) in [6.45, 7) is 4.45. The van der Waals surface area contributed by atoms with Crippen LogP contribution in [0.4, 0.5) is 0 Å². The van der Waals surface area contributed by atoms with Crippen LogP contribution in [0.5, 0.6) is 5.75 Å². The Morgan fingerprint density at radius 2 is 2.10 bits per heavy atom. The smallest absolute Gasteiger partial charge is 0.372 e. The molecule has 1 N–H and O–H groups in total. The molecule has 1 atom stereocenters. The van der Waals surface area contributed by atoms with Gasteiger partial charge in [0.05, 0.1) is 6.26 Å². The fourth-order valence-electron chi connectivity index (χ4n) is 2.03. The average Bonchev–Trinajstić information content (AvgIpc) is 2.93. The van der Waals surface area contributed by atoms with Gasteiger partial charge in [0.1, 0.15) is 12.4 Å². The fraction of sp³-hybridized carbons (Fsp3) is 0.312. The predicted molar refractivity (Wildman–Crippen MR) is 75.1 cm³/mol. The first-order valence-electron chi connectivity index (χ1n) is 6.64. The summed E-state index contributed by atoms with van der Waals surface area (Å²) in [6, 6.07) is 9.46. The number of aromatic carboxylic acids is 1. The first-order chi connectivity index (χ1) is 9.63. The van der Waals surface area contributed by atoms with E-state index in [1.807, 2.05) is 24.3 Å². The van der Waals surface area contributed by atoms with Gasteiger partial charge >= 0.3 is 5.97 Å². The van der Waals surface area contributed by atoms with Crippen LogP contribution < -0.4 is 4.74 Å². The van der Waals surface area contributed by atoms with Crippen LogP contribution in [-0.2, 0) is 6.61 Å². The van der Waals surface area contributed by atoms with Crippen LogP contribution in [0.3, 0.4) is 0 Å². The van der Waals surface area contributed by atoms with Gasteiger partial charge in [-0.05, 0) is 30.0 Å². The number of carboxylic acid groups (broad SMARTS) is 1. The number of carbonyl (C=O) groups is 1. The summed E-state index contributed by atoms with van der Waals surface area (Å²) in [6.07, 6.45) is 2.38. The Hall–Kier alpha value is -2.23. The van der Waals surface area contributed by atoms with E-state index in [1.165, 1.54) is 6.26 Å². The lowest BCUT2D eigenvalue weighted by Gasteiger charge is -2.15. The van der Waals surface area contributed by atoms with Crippen LogP contribution in [0, 0.1) is 0 Å². The number of para-hydroxylation sites is 1. The molecule has 0 aliphatic carbocycles. The van der Waals surface area contributed by atoms with Crippen molar-refractivity contribution in [3.05, 3.63) is 53.5 Å². The molecule has 0 aliphatic rings. The molecule has 1 heterocycles. The van der Waals surface area contributed by atoms with E-state index in [0.717, 1.165) is 17.7 Å². The maximum atomic E-state index is 11.0. The summed E-state index contributed by atoms with van der Waals surface area (Å²) in [4.78, 5) is 11.0. The second kappa shape index (κ2) is 6.28. The van der Waals surface area contributed by atoms with Crippen LogP contribution >= 0.6 is 0 Å². The average molecular weight is 274 g/mol. The SMILES string of the molecule is CCC(C)c1ccccc1OCc1ccoc1C(=O)O. The number of benzene rings is 1. The van der Waals surface area contributed by atoms with Crippen molar-refractivity contribution >= 4 is 5.97 Å². The number of furan rings is 1. The topological polar surface area (TPSA) is 59.7 Å². The molecule has 2 rings (SSSR count). The number of hydrogen-bond acceptors (Lipinski definition) is 3. The van der Waals surface area contributed by atoms with Gasteiger partial charge in [-0.3, -0.25) is 0 Å². The Morgan fingerprint density at radius 1 is 1.35 bits per heavy atom. The van der Waals surface area contributed by atoms with E-state index in [9.17, 15) is 4.79 Å². The molecule has 4 heteroatoms. The minimum atomic E-state index is -1.08. The Bertz CT molecular complexity index is 586. The first-order valence-corrected chi connectivity index (χ1v) is 6.64. The van der Waals surface area contributed by atoms with Gasteiger partial charge in [-0.15, -0.1) is 0 Å². The van der Waals surface area contributed by atoms with Gasteiger partial charge in [0, 0.05) is 5.56 Å². The number of ether oxygens (including phenoxy) is 1. The summed E-state index contributed by atoms with van der Waals surface area (Å²) >= 11 is 0. The molecule has 0 amide bonds. The highest BCUT2D eigenvalue weighted by atomic mass is 16.5. The Kier molecular flexibility index (Phi) is 4.45. The van der Waals surface area contributed by atoms with Crippen molar-refractivity contribution in [2.75, 3.05) is 0 Å². The zero-order chi connectivity index (χ0) is 14.5. The third-order valence-corrected chi connectivity index (χ3v) is 3.39. The first kappa shape index (κ1) is 14.2. The van der Waals surface area contributed by atoms with Gasteiger partial charge in [-0.1, -0.05) is 32.0 Å². The standard InChI is InChI=1S/C16H18O4/c1-3-11(2)13-6-4-5-7-14(13)20-10-12-8-9-19-15(12)16(17)18/h4-9,11H,3,10H2,1-2H3,(H,17,18). The molecular weight excluding hydrogens is 256 g/mol. The van der Waals surface area contributed by atoms with Gasteiger partial charge in [0.25, 0.3) is 0 Å². The Labute approximate surface area is 118 Å². The molecule has 106 valence electrons. The van der Waals surface area contributed by atoms with Gasteiger partial charge in [-0.25, -0.2) is 4.79 Å². The maximum Gasteiger partial charge on any atom is 0.372 e. The lowest BCUT2D eigenvalue weighted by atomic mass is 9.98. The van der Waals surface area contributed by atoms with E-state index in [4.69, 9.17) is 14.3 Å². The minimum Gasteiger partial charge on any atom is -0.488 e. The van der Waals surface area contributed by atoms with Crippen LogP contribution in [0.15, 0.2) is 41.0 Å². The predicted octanol–water partition coefficient (Wildman–Crippen LogP) is 4.07. The fourth-order valence-corrected chi connectivity index (χ4v) is 2.03. The normalized spacial score (nSPS) is 12.1. The van der Waals surface area contributed by atoms with Crippen molar-refractivity contribution < 1.29 is 19.1 Å².